The van der Waals surface area contributed by atoms with Crippen LogP contribution in [-0.4, -0.2) is 11.1 Å². The highest BCUT2D eigenvalue weighted by molar-refractivity contribution is 5.88. The molecular formula is C6H4F2O3. The second-order valence-electron chi connectivity index (χ2n) is 1.85. The summed E-state index contributed by atoms with van der Waals surface area (Å²) in [5, 5.41) is 8.31. The van der Waals surface area contributed by atoms with E-state index < -0.39 is 23.5 Å². The average Bonchev–Trinajstić information content (AvgIpc) is 2.32. The van der Waals surface area contributed by atoms with E-state index >= 15 is 0 Å². The van der Waals surface area contributed by atoms with Crippen molar-refractivity contribution in [1.29, 1.82) is 0 Å². The van der Waals surface area contributed by atoms with Crippen LogP contribution in [0.15, 0.2) is 16.9 Å². The first kappa shape index (κ1) is 7.71. The molecule has 0 unspecified atom stereocenters. The van der Waals surface area contributed by atoms with E-state index in [1.165, 1.54) is 0 Å². The monoisotopic (exact) mass is 162 g/mol. The van der Waals surface area contributed by atoms with E-state index in [1.807, 2.05) is 0 Å². The molecule has 0 amide bonds. The molecule has 1 rings (SSSR count). The molecule has 0 saturated heterocycles. The highest BCUT2D eigenvalue weighted by Gasteiger charge is 2.19. The second kappa shape index (κ2) is 2.69. The number of furan rings is 1. The molecule has 1 aromatic rings. The first-order chi connectivity index (χ1) is 5.13. The summed E-state index contributed by atoms with van der Waals surface area (Å²) in [5.74, 6) is -1.41. The molecule has 0 saturated carbocycles. The molecule has 11 heavy (non-hydrogen) atoms. The third-order valence-corrected chi connectivity index (χ3v) is 1.16. The molecule has 1 N–H and O–H groups in total. The quantitative estimate of drug-likeness (QED) is 0.722. The first-order valence-electron chi connectivity index (χ1n) is 2.70. The van der Waals surface area contributed by atoms with Gasteiger partial charge in [-0.15, -0.1) is 0 Å². The predicted octanol–water partition coefficient (Wildman–Crippen LogP) is 1.92. The number of rotatable bonds is 2. The fourth-order valence-corrected chi connectivity index (χ4v) is 0.650. The molecule has 1 aromatic heterocycles. The van der Waals surface area contributed by atoms with Gasteiger partial charge >= 0.3 is 5.97 Å². The fourth-order valence-electron chi connectivity index (χ4n) is 0.650. The molecule has 0 aromatic carbocycles. The lowest BCUT2D eigenvalue weighted by Crippen LogP contribution is -1.98. The maximum Gasteiger partial charge on any atom is 0.339 e. The van der Waals surface area contributed by atoms with Gasteiger partial charge in [0.2, 0.25) is 0 Å². The number of halogens is 2. The number of carboxylic acids is 1. The number of hydrogen-bond acceptors (Lipinski definition) is 2. The van der Waals surface area contributed by atoms with Crippen molar-refractivity contribution in [1.82, 2.24) is 0 Å². The minimum Gasteiger partial charge on any atom is -0.478 e. The third kappa shape index (κ3) is 1.36. The van der Waals surface area contributed by atoms with Crippen LogP contribution >= 0.6 is 0 Å². The third-order valence-electron chi connectivity index (χ3n) is 1.16. The number of aromatic carboxylic acids is 1. The van der Waals surface area contributed by atoms with Gasteiger partial charge in [-0.3, -0.25) is 0 Å². The predicted molar refractivity (Wildman–Crippen MR) is 30.6 cm³/mol. The standard InChI is InChI=1S/C6H4F2O3/c7-5(8)3-1-11-2-4(3)6(9)10/h1-2,5H,(H,9,10). The largest absolute Gasteiger partial charge is 0.478 e. The fraction of sp³-hybridized carbons (Fsp3) is 0.167. The zero-order valence-electron chi connectivity index (χ0n) is 5.25. The van der Waals surface area contributed by atoms with Gasteiger partial charge in [-0.05, 0) is 0 Å². The van der Waals surface area contributed by atoms with Crippen molar-refractivity contribution >= 4 is 5.97 Å². The number of carboxylic acid groups (broad SMARTS) is 1. The summed E-state index contributed by atoms with van der Waals surface area (Å²) in [5.41, 5.74) is -1.07. The van der Waals surface area contributed by atoms with Crippen LogP contribution in [0.25, 0.3) is 0 Å². The van der Waals surface area contributed by atoms with E-state index in [0.29, 0.717) is 0 Å². The zero-order chi connectivity index (χ0) is 8.43. The number of carbonyl (C=O) groups is 1. The van der Waals surface area contributed by atoms with E-state index in [0.717, 1.165) is 12.5 Å². The van der Waals surface area contributed by atoms with Crippen LogP contribution in [0.4, 0.5) is 8.78 Å². The van der Waals surface area contributed by atoms with E-state index in [9.17, 15) is 13.6 Å². The van der Waals surface area contributed by atoms with E-state index in [2.05, 4.69) is 4.42 Å². The van der Waals surface area contributed by atoms with Gasteiger partial charge in [0.15, 0.2) is 0 Å². The Morgan fingerprint density at radius 3 is 2.55 bits per heavy atom. The maximum atomic E-state index is 11.9. The Morgan fingerprint density at radius 2 is 2.18 bits per heavy atom. The summed E-state index contributed by atoms with van der Waals surface area (Å²) in [6.45, 7) is 0. The Labute approximate surface area is 60.2 Å². The lowest BCUT2D eigenvalue weighted by Gasteiger charge is -1.93. The molecular weight excluding hydrogens is 158 g/mol. The number of hydrogen-bond donors (Lipinski definition) is 1. The normalized spacial score (nSPS) is 10.5. The molecule has 5 heteroatoms. The SMILES string of the molecule is O=C(O)c1cocc1C(F)F. The molecule has 1 heterocycles. The summed E-state index contributed by atoms with van der Waals surface area (Å²) in [4.78, 5) is 10.2. The lowest BCUT2D eigenvalue weighted by atomic mass is 10.2. The molecule has 0 atom stereocenters. The van der Waals surface area contributed by atoms with Crippen LogP contribution in [0.5, 0.6) is 0 Å². The number of alkyl halides is 2. The first-order valence-corrected chi connectivity index (χ1v) is 2.70. The molecule has 60 valence electrons. The van der Waals surface area contributed by atoms with Gasteiger partial charge in [0.25, 0.3) is 6.43 Å². The molecule has 3 nitrogen and oxygen atoms in total. The Morgan fingerprint density at radius 1 is 1.55 bits per heavy atom. The van der Waals surface area contributed by atoms with Crippen molar-refractivity contribution in [2.75, 3.05) is 0 Å². The molecule has 0 aliphatic heterocycles. The summed E-state index contributed by atoms with van der Waals surface area (Å²) < 4.78 is 28.1. The van der Waals surface area contributed by atoms with Crippen molar-refractivity contribution in [2.45, 2.75) is 6.43 Å². The summed E-state index contributed by atoms with van der Waals surface area (Å²) in [6.07, 6.45) is -1.29. The van der Waals surface area contributed by atoms with Gasteiger partial charge in [-0.2, -0.15) is 0 Å². The summed E-state index contributed by atoms with van der Waals surface area (Å²) in [6, 6.07) is 0. The van der Waals surface area contributed by atoms with Crippen molar-refractivity contribution in [3.05, 3.63) is 23.7 Å². The zero-order valence-corrected chi connectivity index (χ0v) is 5.25. The van der Waals surface area contributed by atoms with Gasteiger partial charge in [0, 0.05) is 0 Å². The molecule has 0 aliphatic rings. The minimum absolute atomic E-state index is 0.486. The van der Waals surface area contributed by atoms with Crippen molar-refractivity contribution in [2.24, 2.45) is 0 Å². The van der Waals surface area contributed by atoms with E-state index in [-0.39, 0.29) is 0 Å². The molecule has 0 spiro atoms. The average molecular weight is 162 g/mol. The second-order valence-corrected chi connectivity index (χ2v) is 1.85. The molecule has 0 fully saturated rings. The van der Waals surface area contributed by atoms with Crippen LogP contribution < -0.4 is 0 Å². The minimum atomic E-state index is -2.81. The Kier molecular flexibility index (Phi) is 1.89. The maximum absolute atomic E-state index is 11.9. The van der Waals surface area contributed by atoms with Crippen molar-refractivity contribution in [3.63, 3.8) is 0 Å². The van der Waals surface area contributed by atoms with Crippen LogP contribution in [0.1, 0.15) is 22.3 Å². The summed E-state index contributed by atoms with van der Waals surface area (Å²) >= 11 is 0. The van der Waals surface area contributed by atoms with Gasteiger partial charge in [-0.1, -0.05) is 0 Å². The van der Waals surface area contributed by atoms with Gasteiger partial charge in [0.1, 0.15) is 18.1 Å². The topological polar surface area (TPSA) is 50.4 Å². The Bertz CT molecular complexity index is 267. The lowest BCUT2D eigenvalue weighted by molar-refractivity contribution is 0.0685. The van der Waals surface area contributed by atoms with E-state index in [1.54, 1.807) is 0 Å². The van der Waals surface area contributed by atoms with Crippen molar-refractivity contribution < 1.29 is 23.1 Å². The Balaban J connectivity index is 3.06. The van der Waals surface area contributed by atoms with Crippen molar-refractivity contribution in [3.8, 4) is 0 Å². The van der Waals surface area contributed by atoms with Crippen LogP contribution in [0.3, 0.4) is 0 Å². The molecule has 0 aliphatic carbocycles. The van der Waals surface area contributed by atoms with E-state index in [4.69, 9.17) is 5.11 Å². The highest BCUT2D eigenvalue weighted by Crippen LogP contribution is 2.23. The Hall–Kier alpha value is -1.39. The highest BCUT2D eigenvalue weighted by atomic mass is 19.3. The molecule has 0 radical (unpaired) electrons. The van der Waals surface area contributed by atoms with Crippen LogP contribution in [-0.2, 0) is 0 Å². The van der Waals surface area contributed by atoms with Crippen LogP contribution in [0, 0.1) is 0 Å². The smallest absolute Gasteiger partial charge is 0.339 e. The van der Waals surface area contributed by atoms with Gasteiger partial charge in [0.05, 0.1) is 5.56 Å². The summed E-state index contributed by atoms with van der Waals surface area (Å²) in [7, 11) is 0. The molecule has 0 bridgehead atoms. The van der Waals surface area contributed by atoms with Gasteiger partial charge < -0.3 is 9.52 Å². The van der Waals surface area contributed by atoms with Gasteiger partial charge in [-0.25, -0.2) is 13.6 Å². The van der Waals surface area contributed by atoms with Crippen LogP contribution in [0.2, 0.25) is 0 Å².